The van der Waals surface area contributed by atoms with Crippen LogP contribution in [0.4, 0.5) is 0 Å². The van der Waals surface area contributed by atoms with Crippen LogP contribution >= 0.6 is 0 Å². The van der Waals surface area contributed by atoms with Gasteiger partial charge in [0.25, 0.3) is 6.47 Å². The summed E-state index contributed by atoms with van der Waals surface area (Å²) in [4.78, 5) is 36.1. The van der Waals surface area contributed by atoms with Crippen LogP contribution in [0.5, 0.6) is 0 Å². The molecule has 0 aliphatic carbocycles. The van der Waals surface area contributed by atoms with Crippen molar-refractivity contribution in [1.82, 2.24) is 20.0 Å². The van der Waals surface area contributed by atoms with Crippen LogP contribution in [0.3, 0.4) is 0 Å². The van der Waals surface area contributed by atoms with E-state index in [4.69, 9.17) is 15.0 Å². The Morgan fingerprint density at radius 2 is 2.08 bits per heavy atom. The first kappa shape index (κ1) is 17.9. The number of nitrogens with zero attached hydrogens (tertiary/aromatic N) is 3. The summed E-state index contributed by atoms with van der Waals surface area (Å²) in [5.41, 5.74) is 1.55. The van der Waals surface area contributed by atoms with Crippen LogP contribution in [-0.2, 0) is 22.6 Å². The summed E-state index contributed by atoms with van der Waals surface area (Å²) in [5, 5.41) is 22.7. The summed E-state index contributed by atoms with van der Waals surface area (Å²) in [5.74, 6) is -0.866. The summed E-state index contributed by atoms with van der Waals surface area (Å²) < 4.78 is 0. The molecule has 0 radical (unpaired) electrons. The number of nitrogens with one attached hydrogen (secondary N) is 1. The quantitative estimate of drug-likeness (QED) is 0.650. The molecule has 24 heavy (non-hydrogen) atoms. The second-order valence-electron chi connectivity index (χ2n) is 6.05. The normalized spacial score (nSPS) is 20.5. The largest absolute Gasteiger partial charge is 0.483 e. The number of hydrogen-bond donors (Lipinski definition) is 3. The molecule has 9 heteroatoms. The number of H-pyrrole nitrogens is 1. The van der Waals surface area contributed by atoms with Gasteiger partial charge in [-0.25, -0.2) is 4.79 Å². The number of piperidine rings is 1. The number of carbonyl (C=O) groups excluding carboxylic acids is 1. The number of aromatic amines is 1. The van der Waals surface area contributed by atoms with Crippen LogP contribution in [0.15, 0.2) is 0 Å². The van der Waals surface area contributed by atoms with Gasteiger partial charge < -0.3 is 20.0 Å². The number of carboxylic acids is 1. The zero-order valence-corrected chi connectivity index (χ0v) is 13.6. The van der Waals surface area contributed by atoms with Crippen molar-refractivity contribution in [2.24, 2.45) is 5.92 Å². The molecule has 9 nitrogen and oxygen atoms in total. The third kappa shape index (κ3) is 3.91. The summed E-state index contributed by atoms with van der Waals surface area (Å²) in [6.45, 7) is 2.57. The number of carbonyl (C=O) groups is 3. The monoisotopic (exact) mass is 338 g/mol. The fourth-order valence-corrected chi connectivity index (χ4v) is 3.29. The lowest BCUT2D eigenvalue weighted by Crippen LogP contribution is -2.45. The molecule has 0 spiro atoms. The van der Waals surface area contributed by atoms with Crippen molar-refractivity contribution in [1.29, 1.82) is 0 Å². The van der Waals surface area contributed by atoms with Crippen LogP contribution in [0.2, 0.25) is 0 Å². The zero-order chi connectivity index (χ0) is 17.7. The number of fused-ring (bicyclic) bond motifs is 1. The zero-order valence-electron chi connectivity index (χ0n) is 13.6. The maximum Gasteiger partial charge on any atom is 0.356 e. The average molecular weight is 338 g/mol. The second-order valence-corrected chi connectivity index (χ2v) is 6.05. The molecule has 1 atom stereocenters. The summed E-state index contributed by atoms with van der Waals surface area (Å²) >= 11 is 0. The number of aromatic nitrogens is 2. The molecule has 132 valence electrons. The van der Waals surface area contributed by atoms with Gasteiger partial charge >= 0.3 is 5.97 Å². The summed E-state index contributed by atoms with van der Waals surface area (Å²) in [6, 6.07) is 0. The van der Waals surface area contributed by atoms with Crippen LogP contribution in [-0.4, -0.2) is 75.2 Å². The fraction of sp³-hybridized carbons (Fsp3) is 0.600. The van der Waals surface area contributed by atoms with Gasteiger partial charge in [0.2, 0.25) is 5.91 Å². The van der Waals surface area contributed by atoms with E-state index in [1.165, 1.54) is 0 Å². The molecule has 3 N–H and O–H groups in total. The topological polar surface area (TPSA) is 127 Å². The first-order valence-electron chi connectivity index (χ1n) is 7.82. The number of hydrogen-bond acceptors (Lipinski definition) is 5. The third-order valence-electron chi connectivity index (χ3n) is 4.42. The number of aromatic carboxylic acids is 1. The van der Waals surface area contributed by atoms with Gasteiger partial charge in [-0.15, -0.1) is 0 Å². The molecular formula is C15H22N4O5. The van der Waals surface area contributed by atoms with Crippen molar-refractivity contribution < 1.29 is 24.6 Å². The van der Waals surface area contributed by atoms with E-state index in [0.29, 0.717) is 25.1 Å². The molecule has 0 aromatic carbocycles. The van der Waals surface area contributed by atoms with Gasteiger partial charge in [-0.3, -0.25) is 14.7 Å². The van der Waals surface area contributed by atoms with Crippen molar-refractivity contribution in [2.45, 2.75) is 25.8 Å². The van der Waals surface area contributed by atoms with Crippen LogP contribution in [0.25, 0.3) is 0 Å². The number of amides is 1. The van der Waals surface area contributed by atoms with Gasteiger partial charge in [0.05, 0.1) is 5.92 Å². The standard InChI is InChI=1S/C14H20N4O3.CH2O2/c1-17-5-2-3-9(7-17)13(19)18-6-4-11-10(8-18)12(14(20)21)16-15-11;2-1-3/h9H,2-8H2,1H3,(H,15,16)(H,20,21);1H,(H,2,3). The van der Waals surface area contributed by atoms with E-state index in [-0.39, 0.29) is 24.0 Å². The second kappa shape index (κ2) is 7.91. The lowest BCUT2D eigenvalue weighted by Gasteiger charge is -2.34. The Labute approximate surface area is 139 Å². The van der Waals surface area contributed by atoms with Crippen LogP contribution in [0, 0.1) is 5.92 Å². The number of carboxylic acid groups (broad SMARTS) is 2. The number of rotatable bonds is 2. The smallest absolute Gasteiger partial charge is 0.356 e. The fourth-order valence-electron chi connectivity index (χ4n) is 3.29. The predicted octanol–water partition coefficient (Wildman–Crippen LogP) is 0.0352. The Morgan fingerprint density at radius 3 is 2.71 bits per heavy atom. The van der Waals surface area contributed by atoms with Crippen molar-refractivity contribution in [2.75, 3.05) is 26.7 Å². The van der Waals surface area contributed by atoms with Gasteiger partial charge in [-0.05, 0) is 26.4 Å². The maximum atomic E-state index is 12.6. The van der Waals surface area contributed by atoms with Gasteiger partial charge in [-0.2, -0.15) is 5.10 Å². The molecular weight excluding hydrogens is 316 g/mol. The van der Waals surface area contributed by atoms with E-state index in [1.807, 2.05) is 7.05 Å². The van der Waals surface area contributed by atoms with Crippen molar-refractivity contribution in [3.05, 3.63) is 17.0 Å². The molecule has 1 aromatic rings. The Hall–Kier alpha value is -2.42. The molecule has 1 unspecified atom stereocenters. The van der Waals surface area contributed by atoms with Crippen molar-refractivity contribution in [3.63, 3.8) is 0 Å². The minimum Gasteiger partial charge on any atom is -0.483 e. The maximum absolute atomic E-state index is 12.6. The lowest BCUT2D eigenvalue weighted by atomic mass is 9.95. The highest BCUT2D eigenvalue weighted by atomic mass is 16.4. The minimum absolute atomic E-state index is 0.0329. The van der Waals surface area contributed by atoms with E-state index in [2.05, 4.69) is 15.1 Å². The molecule has 1 fully saturated rings. The van der Waals surface area contributed by atoms with Gasteiger partial charge in [-0.1, -0.05) is 0 Å². The molecule has 1 amide bonds. The summed E-state index contributed by atoms with van der Waals surface area (Å²) in [7, 11) is 2.03. The van der Waals surface area contributed by atoms with Crippen molar-refractivity contribution in [3.8, 4) is 0 Å². The predicted molar refractivity (Wildman–Crippen MR) is 83.6 cm³/mol. The van der Waals surface area contributed by atoms with Crippen molar-refractivity contribution >= 4 is 18.3 Å². The molecule has 3 rings (SSSR count). The molecule has 0 bridgehead atoms. The van der Waals surface area contributed by atoms with E-state index >= 15 is 0 Å². The first-order chi connectivity index (χ1) is 11.5. The molecule has 3 heterocycles. The Kier molecular flexibility index (Phi) is 5.91. The molecule has 0 saturated carbocycles. The van der Waals surface area contributed by atoms with E-state index in [9.17, 15) is 9.59 Å². The van der Waals surface area contributed by atoms with E-state index < -0.39 is 5.97 Å². The van der Waals surface area contributed by atoms with E-state index in [0.717, 1.165) is 31.6 Å². The highest BCUT2D eigenvalue weighted by Gasteiger charge is 2.32. The van der Waals surface area contributed by atoms with Gasteiger partial charge in [0.1, 0.15) is 0 Å². The van der Waals surface area contributed by atoms with Crippen LogP contribution < -0.4 is 0 Å². The molecule has 2 aliphatic rings. The highest BCUT2D eigenvalue weighted by Crippen LogP contribution is 2.24. The molecule has 2 aliphatic heterocycles. The minimum atomic E-state index is -1.04. The molecule has 1 aromatic heterocycles. The number of likely N-dealkylation sites (tertiary alicyclic amines) is 1. The Bertz CT molecular complexity index is 615. The average Bonchev–Trinajstić information content (AvgIpc) is 2.98. The van der Waals surface area contributed by atoms with Gasteiger partial charge in [0.15, 0.2) is 5.69 Å². The first-order valence-corrected chi connectivity index (χ1v) is 7.82. The van der Waals surface area contributed by atoms with Gasteiger partial charge in [0, 0.05) is 37.3 Å². The van der Waals surface area contributed by atoms with E-state index in [1.54, 1.807) is 4.90 Å². The summed E-state index contributed by atoms with van der Waals surface area (Å²) in [6.07, 6.45) is 2.60. The van der Waals surface area contributed by atoms with Crippen LogP contribution in [0.1, 0.15) is 34.6 Å². The highest BCUT2D eigenvalue weighted by molar-refractivity contribution is 5.88. The third-order valence-corrected chi connectivity index (χ3v) is 4.42. The Morgan fingerprint density at radius 1 is 1.38 bits per heavy atom. The lowest BCUT2D eigenvalue weighted by molar-refractivity contribution is -0.138. The SMILES string of the molecule is CN1CCCC(C(=O)N2CCc3[nH]nc(C(=O)O)c3C2)C1.O=CO. The molecule has 1 saturated heterocycles. The Balaban J connectivity index is 0.000000647.